The number of nitrogens with one attached hydrogen (secondary N) is 1. The molecule has 4 aromatic heterocycles. The molecule has 3 saturated heterocycles. The molecule has 5 fully saturated rings. The minimum Gasteiger partial charge on any atom is -0.477 e. The topological polar surface area (TPSA) is 211 Å². The van der Waals surface area contributed by atoms with Crippen LogP contribution in [0.3, 0.4) is 0 Å². The van der Waals surface area contributed by atoms with Gasteiger partial charge in [-0.15, -0.1) is 0 Å². The molecule has 3 atom stereocenters. The lowest BCUT2D eigenvalue weighted by molar-refractivity contribution is 0.0684. The van der Waals surface area contributed by atoms with E-state index < -0.39 is 51.6 Å². The standard InChI is InChI=1S/C20H15F3N4O3.C19H20FN5O4/c21-8-1-2-15(13(22)3-8)27-7-12(20(29)30)17(28)9-4-14(23)19(25-18(9)27)26-5-10-11(6-26)16(10)24;1-29-23-14-6-24(9-19(14)7-21-8-19)17-13(20)4-11-15(26)12(18(27)28)5-25(10-2-3-10)16(11)22-17/h1-4,7,10-11,16H,5-6,24H2,(H,29,30);4-5,10,21H,2-3,6-9H2,1H3,(H,27,28)/b;23-14-/t10-,11+,16?;. The van der Waals surface area contributed by atoms with Crippen LogP contribution in [-0.2, 0) is 4.84 Å². The molecule has 1 aromatic carbocycles. The average molecular weight is 818 g/mol. The maximum Gasteiger partial charge on any atom is 0.341 e. The quantitative estimate of drug-likeness (QED) is 0.138. The number of aromatic carboxylic acids is 2. The van der Waals surface area contributed by atoms with E-state index in [-0.39, 0.29) is 68.6 Å². The van der Waals surface area contributed by atoms with Crippen LogP contribution >= 0.6 is 0 Å². The van der Waals surface area contributed by atoms with E-state index in [1.54, 1.807) is 14.4 Å². The normalized spacial score (nSPS) is 22.1. The molecular formula is C39H35F4N9O7. The molecular weight excluding hydrogens is 782 g/mol. The summed E-state index contributed by atoms with van der Waals surface area (Å²) in [6.07, 6.45) is 3.98. The van der Waals surface area contributed by atoms with Crippen molar-refractivity contribution in [2.45, 2.75) is 24.9 Å². The van der Waals surface area contributed by atoms with Crippen LogP contribution in [0.4, 0.5) is 29.2 Å². The Morgan fingerprint density at radius 1 is 0.864 bits per heavy atom. The number of fused-ring (bicyclic) bond motifs is 3. The third-order valence-corrected chi connectivity index (χ3v) is 11.9. The first-order chi connectivity index (χ1) is 28.2. The largest absolute Gasteiger partial charge is 0.477 e. The molecule has 10 rings (SSSR count). The number of carboxylic acids is 2. The van der Waals surface area contributed by atoms with Crippen LogP contribution in [0.25, 0.3) is 27.8 Å². The number of nitrogens with zero attached hydrogens (tertiary/aromatic N) is 7. The number of hydrogen-bond donors (Lipinski definition) is 4. The van der Waals surface area contributed by atoms with Crippen molar-refractivity contribution in [3.63, 3.8) is 0 Å². The van der Waals surface area contributed by atoms with Gasteiger partial charge in [0.15, 0.2) is 28.9 Å². The number of hydrogen-bond acceptors (Lipinski definition) is 12. The van der Waals surface area contributed by atoms with E-state index in [1.165, 1.54) is 13.3 Å². The molecule has 3 aliphatic heterocycles. The Morgan fingerprint density at radius 3 is 2.02 bits per heavy atom. The summed E-state index contributed by atoms with van der Waals surface area (Å²) in [6, 6.07) is 4.89. The molecule has 5 aliphatic rings. The van der Waals surface area contributed by atoms with Gasteiger partial charge in [0.1, 0.15) is 35.5 Å². The summed E-state index contributed by atoms with van der Waals surface area (Å²) >= 11 is 0. The summed E-state index contributed by atoms with van der Waals surface area (Å²) in [7, 11) is 1.48. The molecule has 0 radical (unpaired) electrons. The summed E-state index contributed by atoms with van der Waals surface area (Å²) in [6.45, 7) is 3.39. The second-order valence-electron chi connectivity index (χ2n) is 15.6. The lowest BCUT2D eigenvalue weighted by Gasteiger charge is -2.38. The summed E-state index contributed by atoms with van der Waals surface area (Å²) in [5, 5.41) is 25.7. The fourth-order valence-electron chi connectivity index (χ4n) is 8.43. The number of carbonyl (C=O) groups is 2. The predicted molar refractivity (Wildman–Crippen MR) is 204 cm³/mol. The monoisotopic (exact) mass is 817 g/mol. The second kappa shape index (κ2) is 13.9. The molecule has 0 amide bonds. The Bertz CT molecular complexity index is 2780. The second-order valence-corrected chi connectivity index (χ2v) is 15.6. The highest BCUT2D eigenvalue weighted by Crippen LogP contribution is 2.45. The number of aromatic nitrogens is 4. The minimum absolute atomic E-state index is 0.0111. The van der Waals surface area contributed by atoms with Crippen molar-refractivity contribution in [3.05, 3.63) is 97.6 Å². The molecule has 5 N–H and O–H groups in total. The molecule has 1 spiro atoms. The van der Waals surface area contributed by atoms with Gasteiger partial charge in [0.25, 0.3) is 0 Å². The van der Waals surface area contributed by atoms with Gasteiger partial charge in [-0.2, -0.15) is 0 Å². The highest BCUT2D eigenvalue weighted by atomic mass is 19.1. The van der Waals surface area contributed by atoms with Crippen molar-refractivity contribution in [3.8, 4) is 5.69 Å². The van der Waals surface area contributed by atoms with E-state index in [1.807, 2.05) is 0 Å². The van der Waals surface area contributed by atoms with Crippen LogP contribution in [0.1, 0.15) is 39.6 Å². The third kappa shape index (κ3) is 6.33. The maximum atomic E-state index is 15.0. The molecule has 59 heavy (non-hydrogen) atoms. The molecule has 20 heteroatoms. The maximum absolute atomic E-state index is 15.0. The Balaban J connectivity index is 0.000000152. The van der Waals surface area contributed by atoms with Crippen molar-refractivity contribution in [1.82, 2.24) is 24.4 Å². The van der Waals surface area contributed by atoms with Crippen LogP contribution < -0.4 is 31.7 Å². The first kappa shape index (κ1) is 38.1. The van der Waals surface area contributed by atoms with Crippen LogP contribution in [0, 0.1) is 40.5 Å². The zero-order valence-electron chi connectivity index (χ0n) is 31.2. The number of piperidine rings is 1. The predicted octanol–water partition coefficient (Wildman–Crippen LogP) is 2.88. The zero-order chi connectivity index (χ0) is 41.7. The number of benzene rings is 1. The fourth-order valence-corrected chi connectivity index (χ4v) is 8.43. The van der Waals surface area contributed by atoms with Gasteiger partial charge in [-0.25, -0.2) is 37.1 Å². The SMILES string of the molecule is CO/N=C1/CN(c2nc3c(cc2F)c(=O)c(C(=O)O)cn3C2CC2)CC12CNC2.NC1[C@H]2CN(c3nc4c(cc3F)c(=O)c(C(=O)O)cn4-c3ccc(F)cc3F)C[C@@H]12. The lowest BCUT2D eigenvalue weighted by atomic mass is 9.79. The molecule has 1 unspecified atom stereocenters. The number of nitrogens with two attached hydrogens (primary N) is 1. The number of anilines is 2. The van der Waals surface area contributed by atoms with Crippen LogP contribution in [0.5, 0.6) is 0 Å². The Kier molecular flexibility index (Phi) is 8.96. The highest BCUT2D eigenvalue weighted by molar-refractivity contribution is 5.99. The Hall–Kier alpha value is -6.41. The molecule has 306 valence electrons. The molecule has 5 aromatic rings. The van der Waals surface area contributed by atoms with E-state index in [4.69, 9.17) is 10.6 Å². The van der Waals surface area contributed by atoms with Crippen molar-refractivity contribution in [2.75, 3.05) is 56.2 Å². The van der Waals surface area contributed by atoms with Gasteiger partial charge < -0.3 is 40.5 Å². The van der Waals surface area contributed by atoms with E-state index in [0.717, 1.165) is 66.7 Å². The van der Waals surface area contributed by atoms with Crippen LogP contribution in [-0.4, -0.2) is 99.4 Å². The summed E-state index contributed by atoms with van der Waals surface area (Å²) in [5.74, 6) is -5.54. The molecule has 7 heterocycles. The number of carboxylic acid groups (broad SMARTS) is 2. The van der Waals surface area contributed by atoms with E-state index in [9.17, 15) is 42.6 Å². The van der Waals surface area contributed by atoms with Gasteiger partial charge in [0.2, 0.25) is 10.9 Å². The van der Waals surface area contributed by atoms with E-state index in [2.05, 4.69) is 20.4 Å². The van der Waals surface area contributed by atoms with Crippen molar-refractivity contribution >= 4 is 51.4 Å². The first-order valence-electron chi connectivity index (χ1n) is 18.7. The van der Waals surface area contributed by atoms with Gasteiger partial charge in [0, 0.05) is 63.3 Å². The third-order valence-electron chi connectivity index (χ3n) is 11.9. The highest BCUT2D eigenvalue weighted by Gasteiger charge is 2.54. The van der Waals surface area contributed by atoms with Crippen LogP contribution in [0.2, 0.25) is 0 Å². The van der Waals surface area contributed by atoms with Crippen molar-refractivity contribution in [2.24, 2.45) is 28.1 Å². The van der Waals surface area contributed by atoms with Gasteiger partial charge in [-0.1, -0.05) is 5.16 Å². The Labute approximate surface area is 330 Å². The fraction of sp³-hybridized carbons (Fsp3) is 0.359. The van der Waals surface area contributed by atoms with Crippen molar-refractivity contribution in [1.29, 1.82) is 0 Å². The molecule has 16 nitrogen and oxygen atoms in total. The Morgan fingerprint density at radius 2 is 1.46 bits per heavy atom. The van der Waals surface area contributed by atoms with E-state index >= 15 is 4.39 Å². The van der Waals surface area contributed by atoms with Gasteiger partial charge in [0.05, 0.1) is 34.1 Å². The molecule has 2 saturated carbocycles. The van der Waals surface area contributed by atoms with Gasteiger partial charge in [-0.3, -0.25) is 14.2 Å². The molecule has 0 bridgehead atoms. The van der Waals surface area contributed by atoms with E-state index in [0.29, 0.717) is 37.9 Å². The average Bonchev–Trinajstić information content (AvgIpc) is 4.01. The molecule has 2 aliphatic carbocycles. The number of oxime groups is 1. The van der Waals surface area contributed by atoms with Gasteiger partial charge >= 0.3 is 11.9 Å². The first-order valence-corrected chi connectivity index (χ1v) is 18.7. The number of pyridine rings is 4. The summed E-state index contributed by atoms with van der Waals surface area (Å²) in [5.41, 5.74) is 3.80. The lowest BCUT2D eigenvalue weighted by Crippen LogP contribution is -2.58. The van der Waals surface area contributed by atoms with Gasteiger partial charge in [-0.05, 0) is 48.9 Å². The smallest absolute Gasteiger partial charge is 0.341 e. The minimum atomic E-state index is -1.56. The summed E-state index contributed by atoms with van der Waals surface area (Å²) in [4.78, 5) is 65.4. The summed E-state index contributed by atoms with van der Waals surface area (Å²) < 4.78 is 60.4. The number of halogens is 4. The van der Waals surface area contributed by atoms with Crippen LogP contribution in [0.15, 0.2) is 57.5 Å². The zero-order valence-corrected chi connectivity index (χ0v) is 31.2. The number of rotatable bonds is 7. The van der Waals surface area contributed by atoms with Crippen molar-refractivity contribution < 1.29 is 42.2 Å².